The Hall–Kier alpha value is -9.87. The van der Waals surface area contributed by atoms with E-state index in [0.717, 1.165) is 0 Å². The van der Waals surface area contributed by atoms with Crippen molar-refractivity contribution in [2.45, 2.75) is 145 Å². The van der Waals surface area contributed by atoms with Crippen LogP contribution in [-0.2, 0) is 72.0 Å². The Bertz CT molecular complexity index is 2930. The van der Waals surface area contributed by atoms with Crippen LogP contribution in [0, 0.1) is 0 Å². The van der Waals surface area contributed by atoms with Gasteiger partial charge in [-0.15, -0.1) is 0 Å². The van der Waals surface area contributed by atoms with E-state index in [2.05, 4.69) is 47.2 Å². The normalized spacial score (nSPS) is 14.9. The van der Waals surface area contributed by atoms with Crippen LogP contribution in [0.1, 0.15) is 93.7 Å². The van der Waals surface area contributed by atoms with Gasteiger partial charge < -0.3 is 92.7 Å². The van der Waals surface area contributed by atoms with Gasteiger partial charge in [0.2, 0.25) is 65.0 Å². The molecule has 0 saturated carbocycles. The predicted octanol–water partition coefficient (Wildman–Crippen LogP) is -4.03. The lowest BCUT2D eigenvalue weighted by Gasteiger charge is -2.31. The van der Waals surface area contributed by atoms with Gasteiger partial charge >= 0.3 is 0 Å². The number of primary amides is 3. The van der Waals surface area contributed by atoms with E-state index < -0.39 is 133 Å². The zero-order valence-electron chi connectivity index (χ0n) is 50.0. The van der Waals surface area contributed by atoms with E-state index in [1.54, 1.807) is 84.9 Å². The number of rotatable bonds is 39. The minimum Gasteiger partial charge on any atom is -0.497 e. The predicted molar refractivity (Wildman–Crippen MR) is 329 cm³/mol. The van der Waals surface area contributed by atoms with Gasteiger partial charge in [-0.2, -0.15) is 0 Å². The maximum absolute atomic E-state index is 14.7. The molecule has 1 fully saturated rings. The summed E-state index contributed by atoms with van der Waals surface area (Å²) in [5.41, 5.74) is 46.3. The van der Waals surface area contributed by atoms with Gasteiger partial charge in [-0.1, -0.05) is 72.8 Å². The number of methoxy groups -OCH3 is 1. The van der Waals surface area contributed by atoms with Gasteiger partial charge in [0.15, 0.2) is 11.9 Å². The Morgan fingerprint density at radius 2 is 0.989 bits per heavy atom. The Kier molecular flexibility index (Phi) is 30.3. The SMILES string of the molecule is COc1ccc(C[C@@H](NC(=O)Cc2ccccc2)C(=O)N[C@@H](Cc2ccccc2)C(=O)N[C@@H](CCC(N)=O)C(=O)N[C@@H](CC(N)=O)C(=O)N[C@@H](CCCN=C(N)N)C(=O)N2CCC[C@H]2C(=O)N[C@@H](CCCN=C(N)N)C(=O)N[C@@H](CCCCN)C(N)=O)cc1. The van der Waals surface area contributed by atoms with Gasteiger partial charge in [0.05, 0.1) is 20.0 Å². The quantitative estimate of drug-likeness (QED) is 0.0147. The van der Waals surface area contributed by atoms with Crippen molar-refractivity contribution in [3.63, 3.8) is 0 Å². The summed E-state index contributed by atoms with van der Waals surface area (Å²) in [5, 5.41) is 18.4. The molecular weight excluding hydrogens is 1150 g/mol. The van der Waals surface area contributed by atoms with Gasteiger partial charge in [0, 0.05) is 38.9 Å². The zero-order valence-corrected chi connectivity index (χ0v) is 50.0. The number of carbonyl (C=O) groups excluding carboxylic acids is 11. The van der Waals surface area contributed by atoms with E-state index in [1.165, 1.54) is 12.0 Å². The third-order valence-corrected chi connectivity index (χ3v) is 14.3. The van der Waals surface area contributed by atoms with Crippen molar-refractivity contribution >= 4 is 76.9 Å². The minimum atomic E-state index is -1.84. The Labute approximate surface area is 516 Å². The number of nitrogens with one attached hydrogen (secondary N) is 7. The third kappa shape index (κ3) is 25.9. The van der Waals surface area contributed by atoms with Crippen molar-refractivity contribution < 1.29 is 57.5 Å². The molecule has 3 aromatic carbocycles. The molecule has 1 saturated heterocycles. The van der Waals surface area contributed by atoms with Crippen molar-refractivity contribution in [1.82, 2.24) is 42.1 Å². The number of likely N-dealkylation sites (tertiary alicyclic amines) is 1. The first-order valence-corrected chi connectivity index (χ1v) is 29.3. The largest absolute Gasteiger partial charge is 0.497 e. The molecule has 11 amide bonds. The number of hydrogen-bond donors (Lipinski definition) is 15. The molecule has 0 aromatic heterocycles. The molecule has 0 unspecified atom stereocenters. The van der Waals surface area contributed by atoms with Crippen molar-refractivity contribution in [2.75, 3.05) is 33.3 Å². The lowest BCUT2D eigenvalue weighted by molar-refractivity contribution is -0.143. The molecule has 0 radical (unpaired) electrons. The number of amides is 11. The molecule has 23 N–H and O–H groups in total. The molecule has 484 valence electrons. The maximum atomic E-state index is 14.7. The molecule has 1 aliphatic rings. The first-order valence-electron chi connectivity index (χ1n) is 29.3. The molecule has 30 heteroatoms. The topological polar surface area (TPSA) is 517 Å². The molecule has 1 heterocycles. The molecule has 8 atom stereocenters. The third-order valence-electron chi connectivity index (χ3n) is 14.3. The molecule has 30 nitrogen and oxygen atoms in total. The highest BCUT2D eigenvalue weighted by molar-refractivity contribution is 5.99. The Morgan fingerprint density at radius 1 is 0.517 bits per heavy atom. The fourth-order valence-corrected chi connectivity index (χ4v) is 9.70. The summed E-state index contributed by atoms with van der Waals surface area (Å²) < 4.78 is 5.29. The van der Waals surface area contributed by atoms with Crippen molar-refractivity contribution in [3.05, 3.63) is 102 Å². The van der Waals surface area contributed by atoms with Crippen LogP contribution < -0.4 is 87.8 Å². The van der Waals surface area contributed by atoms with Gasteiger partial charge in [-0.25, -0.2) is 0 Å². The Morgan fingerprint density at radius 3 is 1.53 bits per heavy atom. The number of carbonyl (C=O) groups is 11. The van der Waals surface area contributed by atoms with E-state index in [0.29, 0.717) is 48.2 Å². The van der Waals surface area contributed by atoms with Crippen LogP contribution in [0.5, 0.6) is 5.75 Å². The molecule has 3 aromatic rings. The van der Waals surface area contributed by atoms with E-state index >= 15 is 0 Å². The van der Waals surface area contributed by atoms with E-state index in [1.807, 2.05) is 0 Å². The average Bonchev–Trinajstić information content (AvgIpc) is 2.47. The summed E-state index contributed by atoms with van der Waals surface area (Å²) in [6.45, 7) is 0.394. The number of aliphatic imine (C=N–C) groups is 2. The van der Waals surface area contributed by atoms with Crippen LogP contribution in [-0.4, -0.2) is 163 Å². The fraction of sp³-hybridized carbons (Fsp3) is 0.475. The van der Waals surface area contributed by atoms with E-state index in [4.69, 9.17) is 50.6 Å². The van der Waals surface area contributed by atoms with Crippen molar-refractivity contribution in [2.24, 2.45) is 55.9 Å². The second kappa shape index (κ2) is 37.6. The molecule has 0 bridgehead atoms. The highest BCUT2D eigenvalue weighted by Gasteiger charge is 2.40. The highest BCUT2D eigenvalue weighted by atomic mass is 16.5. The number of unbranched alkanes of at least 4 members (excludes halogenated alkanes) is 1. The maximum Gasteiger partial charge on any atom is 0.245 e. The van der Waals surface area contributed by atoms with Crippen LogP contribution in [0.15, 0.2) is 94.9 Å². The second-order valence-electron chi connectivity index (χ2n) is 21.3. The van der Waals surface area contributed by atoms with Crippen LogP contribution in [0.25, 0.3) is 0 Å². The Balaban J connectivity index is 1.62. The summed E-state index contributed by atoms with van der Waals surface area (Å²) in [6, 6.07) is 12.9. The van der Waals surface area contributed by atoms with Gasteiger partial charge in [0.1, 0.15) is 54.1 Å². The summed E-state index contributed by atoms with van der Waals surface area (Å²) in [4.78, 5) is 161. The van der Waals surface area contributed by atoms with Gasteiger partial charge in [-0.3, -0.25) is 62.7 Å². The summed E-state index contributed by atoms with van der Waals surface area (Å²) in [6.07, 6.45) is -0.350. The molecule has 4 rings (SSSR count). The van der Waals surface area contributed by atoms with Gasteiger partial charge in [0.25, 0.3) is 0 Å². The van der Waals surface area contributed by atoms with Crippen LogP contribution in [0.4, 0.5) is 0 Å². The average molecular weight is 1240 g/mol. The van der Waals surface area contributed by atoms with Crippen LogP contribution in [0.2, 0.25) is 0 Å². The molecule has 1 aliphatic heterocycles. The highest BCUT2D eigenvalue weighted by Crippen LogP contribution is 2.21. The fourth-order valence-electron chi connectivity index (χ4n) is 9.70. The second-order valence-corrected chi connectivity index (χ2v) is 21.3. The molecular formula is C59H86N18O12. The lowest BCUT2D eigenvalue weighted by atomic mass is 10.0. The van der Waals surface area contributed by atoms with Crippen LogP contribution >= 0.6 is 0 Å². The summed E-state index contributed by atoms with van der Waals surface area (Å²) >= 11 is 0. The van der Waals surface area contributed by atoms with Crippen molar-refractivity contribution in [3.8, 4) is 5.75 Å². The summed E-state index contributed by atoms with van der Waals surface area (Å²) in [7, 11) is 1.49. The number of ether oxygens (including phenoxy) is 1. The minimum absolute atomic E-state index is 0.00404. The first-order chi connectivity index (χ1) is 42.5. The standard InChI is InChI=1S/C59H86N18O12/c1-89-38-23-21-37(22-24-38)32-43(70-49(80)33-36-15-6-3-7-16-36)53(84)75-44(31-35-13-4-2-5-14-35)54(85)72-41(25-26-47(61)78)52(83)76-45(34-48(62)79)55(86)74-42(19-11-29-69-59(66)67)57(88)77-30-12-20-46(77)56(87)73-40(18-10-28-68-58(64)65)51(82)71-39(50(63)81)17-8-9-27-60/h2-7,13-16,21-24,39-46H,8-12,17-20,25-34,60H2,1H3,(H2,61,78)(H2,62,79)(H2,63,81)(H,70,80)(H,71,82)(H,72,85)(H,73,87)(H,74,86)(H,75,84)(H,76,83)(H4,64,65,68)(H4,66,67,69)/t39-,40-,41-,42-,43+,44-,45-,46-/m0/s1. The number of benzene rings is 3. The molecule has 0 aliphatic carbocycles. The number of nitrogens with two attached hydrogens (primary N) is 8. The van der Waals surface area contributed by atoms with Gasteiger partial charge in [-0.05, 0) is 99.6 Å². The molecule has 0 spiro atoms. The van der Waals surface area contributed by atoms with E-state index in [9.17, 15) is 52.7 Å². The number of guanidine groups is 2. The lowest BCUT2D eigenvalue weighted by Crippen LogP contribution is -2.60. The van der Waals surface area contributed by atoms with Crippen molar-refractivity contribution in [1.29, 1.82) is 0 Å². The summed E-state index contributed by atoms with van der Waals surface area (Å²) in [5.74, 6) is -9.43. The monoisotopic (exact) mass is 1240 g/mol. The molecule has 89 heavy (non-hydrogen) atoms. The van der Waals surface area contributed by atoms with Crippen LogP contribution in [0.3, 0.4) is 0 Å². The number of nitrogens with zero attached hydrogens (tertiary/aromatic N) is 3. The smallest absolute Gasteiger partial charge is 0.245 e. The zero-order chi connectivity index (χ0) is 65.4. The first kappa shape index (κ1) is 71.6. The van der Waals surface area contributed by atoms with E-state index in [-0.39, 0.29) is 89.3 Å². The number of hydrogen-bond acceptors (Lipinski definition) is 15.